The van der Waals surface area contributed by atoms with Crippen LogP contribution in [0.3, 0.4) is 0 Å². The first-order valence-corrected chi connectivity index (χ1v) is 9.17. The van der Waals surface area contributed by atoms with E-state index in [-0.39, 0.29) is 30.4 Å². The average Bonchev–Trinajstić information content (AvgIpc) is 2.58. The van der Waals surface area contributed by atoms with Crippen molar-refractivity contribution in [3.05, 3.63) is 24.3 Å². The molecule has 0 aliphatic carbocycles. The van der Waals surface area contributed by atoms with Gasteiger partial charge in [-0.25, -0.2) is 8.42 Å². The van der Waals surface area contributed by atoms with Gasteiger partial charge in [0.1, 0.15) is 18.4 Å². The second-order valence-electron chi connectivity index (χ2n) is 5.15. The van der Waals surface area contributed by atoms with Gasteiger partial charge in [-0.3, -0.25) is 9.79 Å². The topological polar surface area (TPSA) is 157 Å². The van der Waals surface area contributed by atoms with Gasteiger partial charge in [0.15, 0.2) is 5.96 Å². The van der Waals surface area contributed by atoms with Crippen LogP contribution in [-0.2, 0) is 14.8 Å². The standard InChI is InChI=1S/C16H22N4O5S/c1-2-3-11-25-12-6-8-13(9-7-12)26(23,24)20-14(15(21)22)5-4-10-19-16(17)18/h6-9,14,20H,4-5,10-11H2,1H3,(H,21,22)(H4,17,18,19)/t14-/m1/s1. The van der Waals surface area contributed by atoms with E-state index in [1.165, 1.54) is 24.3 Å². The van der Waals surface area contributed by atoms with Gasteiger partial charge in [0.25, 0.3) is 0 Å². The highest BCUT2D eigenvalue weighted by molar-refractivity contribution is 7.89. The molecule has 0 unspecified atom stereocenters. The number of hydrogen-bond donors (Lipinski definition) is 4. The van der Waals surface area contributed by atoms with Crippen LogP contribution in [0.4, 0.5) is 0 Å². The molecule has 0 aliphatic heterocycles. The van der Waals surface area contributed by atoms with Gasteiger partial charge in [0, 0.05) is 6.54 Å². The molecule has 0 aliphatic rings. The lowest BCUT2D eigenvalue weighted by atomic mass is 10.2. The summed E-state index contributed by atoms with van der Waals surface area (Å²) < 4.78 is 32.2. The van der Waals surface area contributed by atoms with Crippen LogP contribution < -0.4 is 20.9 Å². The fourth-order valence-electron chi connectivity index (χ4n) is 1.90. The number of guanidine groups is 1. The molecule has 1 aromatic rings. The fourth-order valence-corrected chi connectivity index (χ4v) is 3.12. The van der Waals surface area contributed by atoms with E-state index in [1.807, 2.05) is 0 Å². The van der Waals surface area contributed by atoms with E-state index in [9.17, 15) is 18.3 Å². The van der Waals surface area contributed by atoms with Gasteiger partial charge < -0.3 is 21.3 Å². The summed E-state index contributed by atoms with van der Waals surface area (Å²) in [6.45, 7) is 2.08. The maximum Gasteiger partial charge on any atom is 0.321 e. The number of carboxylic acid groups (broad SMARTS) is 1. The van der Waals surface area contributed by atoms with Crippen LogP contribution in [0.5, 0.6) is 5.75 Å². The highest BCUT2D eigenvalue weighted by Crippen LogP contribution is 2.16. The number of hydrogen-bond acceptors (Lipinski definition) is 5. The molecular weight excluding hydrogens is 360 g/mol. The number of sulfonamides is 1. The van der Waals surface area contributed by atoms with E-state index in [1.54, 1.807) is 6.92 Å². The number of rotatable bonds is 10. The first-order valence-electron chi connectivity index (χ1n) is 7.69. The Morgan fingerprint density at radius 3 is 2.54 bits per heavy atom. The van der Waals surface area contributed by atoms with Crippen molar-refractivity contribution >= 4 is 22.0 Å². The SMILES string of the molecule is CC#CCOc1ccc(S(=O)(=O)N[C@H](CCCN=C(N)N)C(=O)O)cc1. The summed E-state index contributed by atoms with van der Waals surface area (Å²) in [5, 5.41) is 9.21. The molecule has 0 spiro atoms. The molecule has 0 saturated carbocycles. The Hall–Kier alpha value is -2.77. The van der Waals surface area contributed by atoms with Crippen LogP contribution in [0.15, 0.2) is 34.2 Å². The summed E-state index contributed by atoms with van der Waals surface area (Å²) in [6, 6.07) is 4.32. The zero-order chi connectivity index (χ0) is 19.6. The number of ether oxygens (including phenoxy) is 1. The third-order valence-corrected chi connectivity index (χ3v) is 4.65. The van der Waals surface area contributed by atoms with E-state index in [4.69, 9.17) is 16.2 Å². The van der Waals surface area contributed by atoms with Crippen molar-refractivity contribution in [1.82, 2.24) is 4.72 Å². The van der Waals surface area contributed by atoms with Crippen molar-refractivity contribution in [2.24, 2.45) is 16.5 Å². The molecule has 0 heterocycles. The van der Waals surface area contributed by atoms with Gasteiger partial charge in [-0.1, -0.05) is 5.92 Å². The number of nitrogens with zero attached hydrogens (tertiary/aromatic N) is 1. The van der Waals surface area contributed by atoms with Crippen molar-refractivity contribution in [3.63, 3.8) is 0 Å². The number of benzene rings is 1. The van der Waals surface area contributed by atoms with Crippen LogP contribution in [0, 0.1) is 11.8 Å². The molecule has 10 heteroatoms. The van der Waals surface area contributed by atoms with E-state index in [0.29, 0.717) is 12.2 Å². The van der Waals surface area contributed by atoms with E-state index in [2.05, 4.69) is 21.6 Å². The smallest absolute Gasteiger partial charge is 0.321 e. The molecule has 1 rings (SSSR count). The molecule has 1 aromatic carbocycles. The number of aliphatic imine (C=N–C) groups is 1. The second kappa shape index (κ2) is 10.3. The van der Waals surface area contributed by atoms with Crippen LogP contribution in [0.2, 0.25) is 0 Å². The van der Waals surface area contributed by atoms with Crippen molar-refractivity contribution in [2.45, 2.75) is 30.7 Å². The number of carbonyl (C=O) groups is 1. The second-order valence-corrected chi connectivity index (χ2v) is 6.86. The molecule has 9 nitrogen and oxygen atoms in total. The molecule has 0 radical (unpaired) electrons. The number of nitrogens with two attached hydrogens (primary N) is 2. The predicted octanol–water partition coefficient (Wildman–Crippen LogP) is -0.126. The fraction of sp³-hybridized carbons (Fsp3) is 0.375. The summed E-state index contributed by atoms with van der Waals surface area (Å²) in [4.78, 5) is 15.0. The van der Waals surface area contributed by atoms with Crippen LogP contribution in [0.25, 0.3) is 0 Å². The summed E-state index contributed by atoms with van der Waals surface area (Å²) in [6.07, 6.45) is 0.352. The Morgan fingerprint density at radius 1 is 1.35 bits per heavy atom. The first kappa shape index (κ1) is 21.3. The molecular formula is C16H22N4O5S. The Morgan fingerprint density at radius 2 is 2.00 bits per heavy atom. The van der Waals surface area contributed by atoms with Crippen molar-refractivity contribution in [1.29, 1.82) is 0 Å². The van der Waals surface area contributed by atoms with Gasteiger partial charge in [0.05, 0.1) is 4.90 Å². The highest BCUT2D eigenvalue weighted by Gasteiger charge is 2.25. The molecule has 142 valence electrons. The Labute approximate surface area is 152 Å². The summed E-state index contributed by atoms with van der Waals surface area (Å²) in [5.74, 6) is 4.46. The molecule has 0 aromatic heterocycles. The van der Waals surface area contributed by atoms with Crippen LogP contribution >= 0.6 is 0 Å². The monoisotopic (exact) mass is 382 g/mol. The maximum absolute atomic E-state index is 12.4. The minimum Gasteiger partial charge on any atom is -0.481 e. The Balaban J connectivity index is 2.75. The molecule has 0 bridgehead atoms. The normalized spacial score (nSPS) is 11.7. The minimum absolute atomic E-state index is 0.0439. The quantitative estimate of drug-likeness (QED) is 0.190. The maximum atomic E-state index is 12.4. The molecule has 26 heavy (non-hydrogen) atoms. The summed E-state index contributed by atoms with van der Waals surface area (Å²) >= 11 is 0. The van der Waals surface area contributed by atoms with E-state index in [0.717, 1.165) is 0 Å². The van der Waals surface area contributed by atoms with Gasteiger partial charge in [0.2, 0.25) is 10.0 Å². The third kappa shape index (κ3) is 7.42. The molecule has 1 atom stereocenters. The Kier molecular flexibility index (Phi) is 8.41. The predicted molar refractivity (Wildman–Crippen MR) is 97.0 cm³/mol. The average molecular weight is 382 g/mol. The molecule has 0 fully saturated rings. The summed E-state index contributed by atoms with van der Waals surface area (Å²) in [5.41, 5.74) is 10.4. The lowest BCUT2D eigenvalue weighted by molar-refractivity contribution is -0.139. The van der Waals surface area contributed by atoms with Crippen LogP contribution in [-0.4, -0.2) is 44.6 Å². The zero-order valence-electron chi connectivity index (χ0n) is 14.3. The molecule has 0 saturated heterocycles. The number of nitrogens with one attached hydrogen (secondary N) is 1. The van der Waals surface area contributed by atoms with Gasteiger partial charge in [-0.15, -0.1) is 5.92 Å². The van der Waals surface area contributed by atoms with Gasteiger partial charge in [-0.2, -0.15) is 4.72 Å². The largest absolute Gasteiger partial charge is 0.481 e. The third-order valence-electron chi connectivity index (χ3n) is 3.16. The molecule has 0 amide bonds. The zero-order valence-corrected chi connectivity index (χ0v) is 15.1. The highest BCUT2D eigenvalue weighted by atomic mass is 32.2. The van der Waals surface area contributed by atoms with Crippen LogP contribution in [0.1, 0.15) is 19.8 Å². The minimum atomic E-state index is -4.00. The number of carboxylic acids is 1. The van der Waals surface area contributed by atoms with Gasteiger partial charge >= 0.3 is 5.97 Å². The lowest BCUT2D eigenvalue weighted by Gasteiger charge is -2.14. The van der Waals surface area contributed by atoms with Crippen molar-refractivity contribution in [3.8, 4) is 17.6 Å². The van der Waals surface area contributed by atoms with Crippen molar-refractivity contribution < 1.29 is 23.1 Å². The summed E-state index contributed by atoms with van der Waals surface area (Å²) in [7, 11) is -4.00. The Bertz CT molecular complexity index is 790. The van der Waals surface area contributed by atoms with Gasteiger partial charge in [-0.05, 0) is 44.0 Å². The van der Waals surface area contributed by atoms with E-state index < -0.39 is 22.0 Å². The first-order chi connectivity index (χ1) is 12.3. The lowest BCUT2D eigenvalue weighted by Crippen LogP contribution is -2.40. The number of aliphatic carboxylic acids is 1. The van der Waals surface area contributed by atoms with Crippen molar-refractivity contribution in [2.75, 3.05) is 13.2 Å². The van der Waals surface area contributed by atoms with E-state index >= 15 is 0 Å². The molecule has 6 N–H and O–H groups in total.